The Morgan fingerprint density at radius 2 is 2.15 bits per heavy atom. The third-order valence-corrected chi connectivity index (χ3v) is 3.78. The molecular formula is C15H16N2O3. The van der Waals surface area contributed by atoms with Gasteiger partial charge >= 0.3 is 0 Å². The minimum absolute atomic E-state index is 0.282. The van der Waals surface area contributed by atoms with Crippen LogP contribution in [0, 0.1) is 0 Å². The smallest absolute Gasteiger partial charge is 0.231 e. The molecule has 1 N–H and O–H groups in total. The second-order valence-corrected chi connectivity index (χ2v) is 5.10. The zero-order valence-corrected chi connectivity index (χ0v) is 11.1. The number of ether oxygens (including phenoxy) is 3. The van der Waals surface area contributed by atoms with E-state index in [2.05, 4.69) is 10.3 Å². The molecule has 5 nitrogen and oxygen atoms in total. The average Bonchev–Trinajstić information content (AvgIpc) is 3.13. The highest BCUT2D eigenvalue weighted by Crippen LogP contribution is 2.37. The van der Waals surface area contributed by atoms with Crippen LogP contribution in [0.2, 0.25) is 0 Å². The molecule has 20 heavy (non-hydrogen) atoms. The summed E-state index contributed by atoms with van der Waals surface area (Å²) in [5, 5.41) is 4.51. The van der Waals surface area contributed by atoms with Crippen molar-refractivity contribution in [3.63, 3.8) is 0 Å². The van der Waals surface area contributed by atoms with Crippen molar-refractivity contribution < 1.29 is 14.2 Å². The number of rotatable bonds is 3. The van der Waals surface area contributed by atoms with Gasteiger partial charge in [-0.25, -0.2) is 0 Å². The molecular weight excluding hydrogens is 256 g/mol. The highest BCUT2D eigenvalue weighted by Gasteiger charge is 2.18. The molecule has 2 aliphatic rings. The Labute approximate surface area is 116 Å². The molecule has 1 aromatic heterocycles. The number of nitrogens with zero attached hydrogens (tertiary/aromatic N) is 1. The third-order valence-electron chi connectivity index (χ3n) is 3.78. The van der Waals surface area contributed by atoms with Crippen molar-refractivity contribution in [1.29, 1.82) is 0 Å². The monoisotopic (exact) mass is 272 g/mol. The molecule has 1 atom stereocenters. The molecule has 104 valence electrons. The molecule has 4 rings (SSSR count). The van der Waals surface area contributed by atoms with Crippen LogP contribution in [0.5, 0.6) is 11.5 Å². The molecule has 1 saturated heterocycles. The van der Waals surface area contributed by atoms with E-state index in [0.29, 0.717) is 6.10 Å². The van der Waals surface area contributed by atoms with Crippen LogP contribution in [0.15, 0.2) is 24.4 Å². The summed E-state index contributed by atoms with van der Waals surface area (Å²) in [5.74, 6) is 1.55. The Morgan fingerprint density at radius 3 is 3.00 bits per heavy atom. The van der Waals surface area contributed by atoms with Crippen LogP contribution in [0.1, 0.15) is 12.8 Å². The number of hydrogen-bond acceptors (Lipinski definition) is 5. The second-order valence-electron chi connectivity index (χ2n) is 5.10. The lowest BCUT2D eigenvalue weighted by Gasteiger charge is -2.13. The summed E-state index contributed by atoms with van der Waals surface area (Å²) in [6.45, 7) is 1.99. The summed E-state index contributed by atoms with van der Waals surface area (Å²) >= 11 is 0. The van der Waals surface area contributed by atoms with Gasteiger partial charge in [0.1, 0.15) is 0 Å². The number of anilines is 1. The largest absolute Gasteiger partial charge is 0.454 e. The van der Waals surface area contributed by atoms with Gasteiger partial charge in [0, 0.05) is 36.5 Å². The summed E-state index contributed by atoms with van der Waals surface area (Å²) in [7, 11) is 0. The van der Waals surface area contributed by atoms with Gasteiger partial charge in [-0.05, 0) is 25.0 Å². The minimum atomic E-state index is 0.282. The Morgan fingerprint density at radius 1 is 1.25 bits per heavy atom. The molecule has 0 amide bonds. The summed E-state index contributed by atoms with van der Waals surface area (Å²) in [5.41, 5.74) is 1.97. The van der Waals surface area contributed by atoms with Crippen molar-refractivity contribution in [3.8, 4) is 11.5 Å². The van der Waals surface area contributed by atoms with Gasteiger partial charge in [-0.15, -0.1) is 0 Å². The molecule has 0 radical (unpaired) electrons. The third kappa shape index (κ3) is 2.04. The quantitative estimate of drug-likeness (QED) is 0.930. The van der Waals surface area contributed by atoms with Crippen molar-refractivity contribution >= 4 is 16.6 Å². The molecule has 0 spiro atoms. The second kappa shape index (κ2) is 4.83. The van der Waals surface area contributed by atoms with E-state index in [1.807, 2.05) is 24.4 Å². The van der Waals surface area contributed by atoms with Crippen molar-refractivity contribution in [3.05, 3.63) is 24.4 Å². The number of hydrogen-bond donors (Lipinski definition) is 1. The predicted octanol–water partition coefficient (Wildman–Crippen LogP) is 2.55. The Kier molecular flexibility index (Phi) is 2.85. The number of fused-ring (bicyclic) bond motifs is 2. The molecule has 0 aliphatic carbocycles. The van der Waals surface area contributed by atoms with Gasteiger partial charge in [0.2, 0.25) is 6.79 Å². The Balaban J connectivity index is 1.64. The standard InChI is InChI=1S/C15H16N2O3/c1-2-10(18-5-1)8-17-12-3-4-16-13-7-15-14(6-11(12)13)19-9-20-15/h3-4,6-7,10H,1-2,5,8-9H2,(H,16,17). The highest BCUT2D eigenvalue weighted by molar-refractivity contribution is 5.93. The van der Waals surface area contributed by atoms with E-state index in [4.69, 9.17) is 14.2 Å². The lowest BCUT2D eigenvalue weighted by molar-refractivity contribution is 0.120. The molecule has 5 heteroatoms. The van der Waals surface area contributed by atoms with Crippen LogP contribution in [0.25, 0.3) is 10.9 Å². The maximum absolute atomic E-state index is 5.64. The fraction of sp³-hybridized carbons (Fsp3) is 0.400. The highest BCUT2D eigenvalue weighted by atomic mass is 16.7. The van der Waals surface area contributed by atoms with E-state index in [0.717, 1.165) is 54.1 Å². The summed E-state index contributed by atoms with van der Waals surface area (Å²) < 4.78 is 16.5. The number of nitrogens with one attached hydrogen (secondary N) is 1. The van der Waals surface area contributed by atoms with Crippen LogP contribution in [0.3, 0.4) is 0 Å². The molecule has 3 heterocycles. The topological polar surface area (TPSA) is 52.6 Å². The molecule has 1 aromatic carbocycles. The average molecular weight is 272 g/mol. The van der Waals surface area contributed by atoms with Crippen molar-refractivity contribution in [2.75, 3.05) is 25.3 Å². The summed E-state index contributed by atoms with van der Waals surface area (Å²) in [6, 6.07) is 5.90. The molecule has 0 bridgehead atoms. The minimum Gasteiger partial charge on any atom is -0.454 e. The summed E-state index contributed by atoms with van der Waals surface area (Å²) in [4.78, 5) is 4.39. The zero-order valence-electron chi connectivity index (χ0n) is 11.1. The normalized spacial score (nSPS) is 20.5. The maximum atomic E-state index is 5.64. The molecule has 1 fully saturated rings. The van der Waals surface area contributed by atoms with E-state index < -0.39 is 0 Å². The van der Waals surface area contributed by atoms with Gasteiger partial charge in [0.25, 0.3) is 0 Å². The van der Waals surface area contributed by atoms with Crippen LogP contribution < -0.4 is 14.8 Å². The lowest BCUT2D eigenvalue weighted by Crippen LogP contribution is -2.18. The summed E-state index contributed by atoms with van der Waals surface area (Å²) in [6.07, 6.45) is 4.40. The Hall–Kier alpha value is -2.01. The van der Waals surface area contributed by atoms with E-state index in [-0.39, 0.29) is 6.79 Å². The van der Waals surface area contributed by atoms with E-state index >= 15 is 0 Å². The van der Waals surface area contributed by atoms with Crippen LogP contribution in [-0.4, -0.2) is 31.0 Å². The van der Waals surface area contributed by atoms with Gasteiger partial charge in [0.05, 0.1) is 11.6 Å². The number of benzene rings is 1. The first-order chi connectivity index (χ1) is 9.90. The van der Waals surface area contributed by atoms with Gasteiger partial charge in [-0.2, -0.15) is 0 Å². The molecule has 2 aromatic rings. The van der Waals surface area contributed by atoms with Crippen molar-refractivity contribution in [2.45, 2.75) is 18.9 Å². The zero-order chi connectivity index (χ0) is 13.4. The van der Waals surface area contributed by atoms with E-state index in [9.17, 15) is 0 Å². The van der Waals surface area contributed by atoms with E-state index in [1.54, 1.807) is 0 Å². The van der Waals surface area contributed by atoms with Gasteiger partial charge < -0.3 is 19.5 Å². The lowest BCUT2D eigenvalue weighted by atomic mass is 10.1. The fourth-order valence-corrected chi connectivity index (χ4v) is 2.72. The van der Waals surface area contributed by atoms with Crippen LogP contribution >= 0.6 is 0 Å². The van der Waals surface area contributed by atoms with Crippen LogP contribution in [-0.2, 0) is 4.74 Å². The number of aromatic nitrogens is 1. The van der Waals surface area contributed by atoms with Crippen molar-refractivity contribution in [2.24, 2.45) is 0 Å². The first kappa shape index (κ1) is 11.8. The maximum Gasteiger partial charge on any atom is 0.231 e. The number of pyridine rings is 1. The predicted molar refractivity (Wildman–Crippen MR) is 75.3 cm³/mol. The fourth-order valence-electron chi connectivity index (χ4n) is 2.72. The molecule has 1 unspecified atom stereocenters. The molecule has 2 aliphatic heterocycles. The van der Waals surface area contributed by atoms with E-state index in [1.165, 1.54) is 0 Å². The first-order valence-corrected chi connectivity index (χ1v) is 6.94. The van der Waals surface area contributed by atoms with Crippen molar-refractivity contribution in [1.82, 2.24) is 4.98 Å². The Bertz CT molecular complexity index is 638. The SMILES string of the molecule is c1cc(NCC2CCCO2)c2cc3c(cc2n1)OCO3. The van der Waals surface area contributed by atoms with Crippen LogP contribution in [0.4, 0.5) is 5.69 Å². The van der Waals surface area contributed by atoms with Gasteiger partial charge in [-0.3, -0.25) is 4.98 Å². The molecule has 0 saturated carbocycles. The van der Waals surface area contributed by atoms with Gasteiger partial charge in [-0.1, -0.05) is 0 Å². The van der Waals surface area contributed by atoms with Gasteiger partial charge in [0.15, 0.2) is 11.5 Å². The first-order valence-electron chi connectivity index (χ1n) is 6.94.